The monoisotopic (exact) mass is 475 g/mol. The Bertz CT molecular complexity index is 1070. The van der Waals surface area contributed by atoms with Crippen LogP contribution in [-0.2, 0) is 19.2 Å². The van der Waals surface area contributed by atoms with Crippen molar-refractivity contribution in [2.45, 2.75) is 77.5 Å². The second-order valence-corrected chi connectivity index (χ2v) is 11.0. The van der Waals surface area contributed by atoms with Crippen molar-refractivity contribution >= 4 is 17.3 Å². The molecule has 2 aliphatic rings. The minimum Gasteiger partial charge on any atom is -0.449 e. The van der Waals surface area contributed by atoms with Gasteiger partial charge >= 0.3 is 5.97 Å². The molecule has 0 aromatic heterocycles. The van der Waals surface area contributed by atoms with E-state index >= 15 is 0 Å². The molecular weight excluding hydrogens is 438 g/mol. The summed E-state index contributed by atoms with van der Waals surface area (Å²) < 4.78 is 5.82. The summed E-state index contributed by atoms with van der Waals surface area (Å²) in [4.78, 5) is 33.0. The number of ether oxygens (including phenoxy) is 1. The molecule has 2 aromatic carbocycles. The summed E-state index contributed by atoms with van der Waals surface area (Å²) in [6.07, 6.45) is 2.32. The van der Waals surface area contributed by atoms with Crippen LogP contribution in [0.3, 0.4) is 0 Å². The molecule has 0 spiro atoms. The van der Waals surface area contributed by atoms with E-state index in [1.54, 1.807) is 0 Å². The average Bonchev–Trinajstić information content (AvgIpc) is 3.16. The lowest BCUT2D eigenvalue weighted by Gasteiger charge is -2.53. The van der Waals surface area contributed by atoms with Crippen LogP contribution in [0.25, 0.3) is 5.57 Å². The number of esters is 1. The first-order valence-electron chi connectivity index (χ1n) is 12.7. The van der Waals surface area contributed by atoms with Gasteiger partial charge in [-0.25, -0.2) is 4.79 Å². The predicted molar refractivity (Wildman–Crippen MR) is 137 cm³/mol. The molecule has 35 heavy (non-hydrogen) atoms. The van der Waals surface area contributed by atoms with Gasteiger partial charge in [-0.1, -0.05) is 67.6 Å². The lowest BCUT2D eigenvalue weighted by Crippen LogP contribution is -2.60. The number of cyclic esters (lactones) is 1. The number of hydroxylamine groups is 2. The fraction of sp³-hybridized carbons (Fsp3) is 0.467. The van der Waals surface area contributed by atoms with Gasteiger partial charge in [0, 0.05) is 23.1 Å². The summed E-state index contributed by atoms with van der Waals surface area (Å²) in [5, 5.41) is 2.12. The molecule has 0 bridgehead atoms. The number of nitrogens with zero attached hydrogens (tertiary/aromatic N) is 1. The van der Waals surface area contributed by atoms with Gasteiger partial charge in [0.1, 0.15) is 5.57 Å². The first kappa shape index (κ1) is 25.3. The largest absolute Gasteiger partial charge is 0.449 e. The maximum Gasteiger partial charge on any atom is 0.343 e. The van der Waals surface area contributed by atoms with Crippen LogP contribution in [0.5, 0.6) is 0 Å². The van der Waals surface area contributed by atoms with Crippen LogP contribution in [0, 0.1) is 5.92 Å². The van der Waals surface area contributed by atoms with Crippen molar-refractivity contribution < 1.29 is 19.2 Å². The second kappa shape index (κ2) is 10.1. The van der Waals surface area contributed by atoms with Gasteiger partial charge in [-0.05, 0) is 64.0 Å². The van der Waals surface area contributed by atoms with Crippen molar-refractivity contribution in [1.29, 1.82) is 0 Å². The Hall–Kier alpha value is -2.76. The van der Waals surface area contributed by atoms with E-state index in [2.05, 4.69) is 39.7 Å². The molecular formula is C30H37NO4. The quantitative estimate of drug-likeness (QED) is 0.331. The van der Waals surface area contributed by atoms with Crippen LogP contribution in [0.2, 0.25) is 0 Å². The molecule has 5 nitrogen and oxygen atoms in total. The molecule has 1 saturated heterocycles. The van der Waals surface area contributed by atoms with Crippen LogP contribution in [-0.4, -0.2) is 34.5 Å². The molecule has 2 aromatic rings. The van der Waals surface area contributed by atoms with Crippen LogP contribution in [0.4, 0.5) is 0 Å². The molecule has 0 saturated carbocycles. The van der Waals surface area contributed by atoms with E-state index in [4.69, 9.17) is 9.57 Å². The third-order valence-electron chi connectivity index (χ3n) is 7.00. The number of hydrogen-bond acceptors (Lipinski definition) is 5. The summed E-state index contributed by atoms with van der Waals surface area (Å²) in [7, 11) is 0. The summed E-state index contributed by atoms with van der Waals surface area (Å²) in [5.41, 5.74) is 2.15. The van der Waals surface area contributed by atoms with Crippen molar-refractivity contribution in [2.75, 3.05) is 6.61 Å². The van der Waals surface area contributed by atoms with E-state index in [1.165, 1.54) is 0 Å². The minimum atomic E-state index is -0.581. The molecule has 5 heteroatoms. The summed E-state index contributed by atoms with van der Waals surface area (Å²) >= 11 is 0. The number of piperidine rings is 1. The van der Waals surface area contributed by atoms with E-state index in [-0.39, 0.29) is 28.4 Å². The maximum absolute atomic E-state index is 13.8. The fourth-order valence-corrected chi connectivity index (χ4v) is 6.02. The Labute approximate surface area is 209 Å². The van der Waals surface area contributed by atoms with Crippen molar-refractivity contribution in [3.8, 4) is 0 Å². The summed E-state index contributed by atoms with van der Waals surface area (Å²) in [6.45, 7) is 11.5. The Kier molecular flexibility index (Phi) is 7.30. The summed E-state index contributed by atoms with van der Waals surface area (Å²) in [6, 6.07) is 19.3. The molecule has 0 amide bonds. The van der Waals surface area contributed by atoms with E-state index in [0.29, 0.717) is 18.6 Å². The normalized spacial score (nSPS) is 22.3. The fourth-order valence-electron chi connectivity index (χ4n) is 6.02. The van der Waals surface area contributed by atoms with E-state index in [1.807, 2.05) is 60.7 Å². The lowest BCUT2D eigenvalue weighted by molar-refractivity contribution is -0.287. The van der Waals surface area contributed by atoms with Crippen molar-refractivity contribution in [2.24, 2.45) is 5.92 Å². The highest BCUT2D eigenvalue weighted by atomic mass is 16.7. The van der Waals surface area contributed by atoms with E-state index in [9.17, 15) is 9.59 Å². The molecule has 186 valence electrons. The predicted octanol–water partition coefficient (Wildman–Crippen LogP) is 6.31. The number of Topliss-reactive ketones (excluding diaryl/α,β-unsaturated/α-hetero) is 1. The van der Waals surface area contributed by atoms with Gasteiger partial charge < -0.3 is 4.74 Å². The Morgan fingerprint density at radius 3 is 2.11 bits per heavy atom. The first-order valence-corrected chi connectivity index (χ1v) is 12.7. The molecule has 2 heterocycles. The molecule has 1 atom stereocenters. The van der Waals surface area contributed by atoms with Gasteiger partial charge in [0.2, 0.25) is 0 Å². The molecule has 0 N–H and O–H groups in total. The lowest BCUT2D eigenvalue weighted by atomic mass is 9.73. The smallest absolute Gasteiger partial charge is 0.343 e. The molecule has 0 radical (unpaired) electrons. The highest BCUT2D eigenvalue weighted by molar-refractivity contribution is 6.25. The van der Waals surface area contributed by atoms with Crippen molar-refractivity contribution in [3.05, 3.63) is 77.4 Å². The minimum absolute atomic E-state index is 0.133. The van der Waals surface area contributed by atoms with Gasteiger partial charge in [-0.15, -0.1) is 0 Å². The van der Waals surface area contributed by atoms with Crippen molar-refractivity contribution in [3.63, 3.8) is 0 Å². The van der Waals surface area contributed by atoms with Gasteiger partial charge in [-0.3, -0.25) is 9.63 Å². The number of ketones is 1. The zero-order chi connectivity index (χ0) is 25.2. The highest BCUT2D eigenvalue weighted by Gasteiger charge is 2.48. The molecule has 0 aliphatic carbocycles. The Morgan fingerprint density at radius 1 is 0.971 bits per heavy atom. The molecule has 2 aliphatic heterocycles. The zero-order valence-corrected chi connectivity index (χ0v) is 21.5. The third kappa shape index (κ3) is 5.26. The number of rotatable bonds is 8. The Balaban J connectivity index is 1.65. The van der Waals surface area contributed by atoms with Gasteiger partial charge in [0.15, 0.2) is 11.9 Å². The zero-order valence-electron chi connectivity index (χ0n) is 21.5. The summed E-state index contributed by atoms with van der Waals surface area (Å²) in [5.74, 6) is -0.515. The molecule has 4 rings (SSSR count). The van der Waals surface area contributed by atoms with Crippen LogP contribution in [0.15, 0.2) is 66.2 Å². The van der Waals surface area contributed by atoms with Crippen LogP contribution < -0.4 is 0 Å². The average molecular weight is 476 g/mol. The SMILES string of the molecule is CCCON1C(C)(C)CC(CC(=O)C2=C(c3ccccc3)C(c3ccccc3)OC2=O)CC1(C)C. The number of hydrogen-bond donors (Lipinski definition) is 0. The maximum atomic E-state index is 13.8. The number of carbonyl (C=O) groups excluding carboxylic acids is 2. The second-order valence-electron chi connectivity index (χ2n) is 11.0. The standard InChI is InChI=1S/C30H37NO4/c1-6-17-34-31-29(2,3)19-21(20-30(31,4)5)18-24(32)26-25(22-13-9-7-10-14-22)27(35-28(26)33)23-15-11-8-12-16-23/h7-16,21,27H,6,17-20H2,1-5H3. The first-order chi connectivity index (χ1) is 16.6. The van der Waals surface area contributed by atoms with Crippen molar-refractivity contribution in [1.82, 2.24) is 5.06 Å². The van der Waals surface area contributed by atoms with Crippen LogP contribution in [0.1, 0.15) is 77.5 Å². The van der Waals surface area contributed by atoms with Gasteiger partial charge in [-0.2, -0.15) is 5.06 Å². The number of benzene rings is 2. The molecule has 1 fully saturated rings. The van der Waals surface area contributed by atoms with E-state index < -0.39 is 12.1 Å². The third-order valence-corrected chi connectivity index (χ3v) is 7.00. The van der Waals surface area contributed by atoms with Gasteiger partial charge in [0.25, 0.3) is 0 Å². The van der Waals surface area contributed by atoms with Crippen LogP contribution >= 0.6 is 0 Å². The van der Waals surface area contributed by atoms with Gasteiger partial charge in [0.05, 0.1) is 6.61 Å². The molecule has 1 unspecified atom stereocenters. The Morgan fingerprint density at radius 2 is 1.54 bits per heavy atom. The van der Waals surface area contributed by atoms with E-state index in [0.717, 1.165) is 30.4 Å². The number of carbonyl (C=O) groups is 2. The topological polar surface area (TPSA) is 55.8 Å². The highest BCUT2D eigenvalue weighted by Crippen LogP contribution is 2.45.